The Morgan fingerprint density at radius 1 is 1.57 bits per heavy atom. The van der Waals surface area contributed by atoms with E-state index < -0.39 is 44.6 Å². The molecule has 0 aromatic heterocycles. The zero-order chi connectivity index (χ0) is 24.4. The minimum atomic E-state index is -4.78. The van der Waals surface area contributed by atoms with E-state index in [1.165, 1.54) is 0 Å². The van der Waals surface area contributed by atoms with Crippen molar-refractivity contribution in [1.82, 2.24) is 10.2 Å². The fraction of sp³-hybridized carbons (Fsp3) is 0.389. The van der Waals surface area contributed by atoms with E-state index in [0.29, 0.717) is 16.0 Å². The summed E-state index contributed by atoms with van der Waals surface area (Å²) >= 11 is 0. The molecule has 0 radical (unpaired) electrons. The van der Waals surface area contributed by atoms with Crippen molar-refractivity contribution in [1.29, 1.82) is 0 Å². The standard InChI is InChI=1S/C18H20FN2O8P/c1-10-4-3-5-12-8-26-30(25,29-15(10)12)27-9-18(19)16(24)14(23)17(28-18)21-7-6-13(22)20-11(21)2/h3-7,14,16-17,23-24H,2,8-9H2,1H3,(H,20,22)/t14-,16+,17-,18-,30?/m1/s1/i9D2,17D. The number of ether oxygens (including phenoxy) is 1. The van der Waals surface area contributed by atoms with Gasteiger partial charge in [0.05, 0.1) is 10.7 Å². The van der Waals surface area contributed by atoms with E-state index in [1.807, 2.05) is 0 Å². The van der Waals surface area contributed by atoms with Crippen LogP contribution in [0.2, 0.25) is 0 Å². The van der Waals surface area contributed by atoms with Crippen LogP contribution in [0.15, 0.2) is 42.9 Å². The van der Waals surface area contributed by atoms with Crippen LogP contribution in [0.5, 0.6) is 5.75 Å². The lowest BCUT2D eigenvalue weighted by Gasteiger charge is -2.32. The summed E-state index contributed by atoms with van der Waals surface area (Å²) in [5.41, 5.74) is 1.03. The van der Waals surface area contributed by atoms with Gasteiger partial charge in [0.25, 0.3) is 11.8 Å². The molecule has 3 aliphatic rings. The van der Waals surface area contributed by atoms with Gasteiger partial charge < -0.3 is 29.7 Å². The number of alkyl halides is 1. The molecule has 3 heterocycles. The highest BCUT2D eigenvalue weighted by atomic mass is 31.2. The van der Waals surface area contributed by atoms with E-state index in [2.05, 4.69) is 11.9 Å². The Hall–Kier alpha value is -2.27. The molecule has 162 valence electrons. The van der Waals surface area contributed by atoms with Gasteiger partial charge in [-0.1, -0.05) is 24.8 Å². The minimum Gasteiger partial charge on any atom is -0.403 e. The number of phosphoric acid groups is 1. The van der Waals surface area contributed by atoms with Gasteiger partial charge in [0.2, 0.25) is 0 Å². The molecule has 0 bridgehead atoms. The van der Waals surface area contributed by atoms with E-state index >= 15 is 4.39 Å². The number of nitrogens with zero attached hydrogens (tertiary/aromatic N) is 1. The predicted molar refractivity (Wildman–Crippen MR) is 99.1 cm³/mol. The fourth-order valence-electron chi connectivity index (χ4n) is 2.97. The lowest BCUT2D eigenvalue weighted by atomic mass is 10.1. The molecule has 0 saturated carbocycles. The van der Waals surface area contributed by atoms with Gasteiger partial charge in [-0.25, -0.2) is 8.96 Å². The van der Waals surface area contributed by atoms with Crippen LogP contribution in [0.4, 0.5) is 4.39 Å². The Bertz CT molecular complexity index is 1110. The first-order chi connectivity index (χ1) is 15.2. The van der Waals surface area contributed by atoms with Gasteiger partial charge in [-0.05, 0) is 12.5 Å². The third kappa shape index (κ3) is 3.64. The first kappa shape index (κ1) is 17.4. The molecule has 1 amide bonds. The van der Waals surface area contributed by atoms with Crippen LogP contribution in [0.3, 0.4) is 0 Å². The van der Waals surface area contributed by atoms with Gasteiger partial charge in [-0.15, -0.1) is 0 Å². The molecule has 12 heteroatoms. The number of carbonyl (C=O) groups excluding carboxylic acids is 1. The highest BCUT2D eigenvalue weighted by molar-refractivity contribution is 7.49. The predicted octanol–water partition coefficient (Wildman–Crippen LogP) is 1.19. The fourth-order valence-corrected chi connectivity index (χ4v) is 4.14. The van der Waals surface area contributed by atoms with Gasteiger partial charge >= 0.3 is 7.82 Å². The van der Waals surface area contributed by atoms with E-state index in [-0.39, 0.29) is 18.2 Å². The Labute approximate surface area is 175 Å². The van der Waals surface area contributed by atoms with Crippen LogP contribution < -0.4 is 9.84 Å². The molecule has 0 aliphatic carbocycles. The first-order valence-corrected chi connectivity index (χ1v) is 10.1. The second kappa shape index (κ2) is 7.45. The molecule has 1 unspecified atom stereocenters. The number of halogens is 1. The van der Waals surface area contributed by atoms with Crippen LogP contribution in [0.1, 0.15) is 15.2 Å². The third-order valence-electron chi connectivity index (χ3n) is 4.53. The zero-order valence-electron chi connectivity index (χ0n) is 18.6. The molecule has 0 spiro atoms. The second-order valence-corrected chi connectivity index (χ2v) is 8.18. The third-order valence-corrected chi connectivity index (χ3v) is 5.69. The normalized spacial score (nSPS) is 40.1. The summed E-state index contributed by atoms with van der Waals surface area (Å²) in [4.78, 5) is 12.1. The molecule has 5 atom stereocenters. The Balaban J connectivity index is 1.63. The number of rotatable bonds is 4. The summed E-state index contributed by atoms with van der Waals surface area (Å²) < 4.78 is 73.2. The van der Waals surface area contributed by atoms with Crippen molar-refractivity contribution in [3.05, 3.63) is 54.0 Å². The smallest absolute Gasteiger partial charge is 0.403 e. The van der Waals surface area contributed by atoms with Crippen molar-refractivity contribution >= 4 is 13.7 Å². The number of carbonyl (C=O) groups is 1. The maximum absolute atomic E-state index is 15.8. The number of para-hydroxylation sites is 1. The van der Waals surface area contributed by atoms with Crippen molar-refractivity contribution in [2.75, 3.05) is 6.56 Å². The highest BCUT2D eigenvalue weighted by Crippen LogP contribution is 2.56. The van der Waals surface area contributed by atoms with Crippen LogP contribution in [0.25, 0.3) is 0 Å². The Morgan fingerprint density at radius 2 is 2.33 bits per heavy atom. The summed E-state index contributed by atoms with van der Waals surface area (Å²) in [7, 11) is -4.78. The number of hydrogen-bond acceptors (Lipinski definition) is 9. The van der Waals surface area contributed by atoms with Crippen LogP contribution in [-0.2, 0) is 29.8 Å². The molecule has 1 aromatic rings. The van der Waals surface area contributed by atoms with E-state index in [1.54, 1.807) is 25.1 Å². The van der Waals surface area contributed by atoms with Crippen molar-refractivity contribution in [2.45, 2.75) is 37.8 Å². The summed E-state index contributed by atoms with van der Waals surface area (Å²) in [5, 5.41) is 22.9. The maximum Gasteiger partial charge on any atom is 0.530 e. The SMILES string of the molecule is [2H]C([2H])(OP1(=O)OCc2cccc(C)c2O1)[C@@]1(F)O[C@@]([2H])(N2C=CC(=O)NC2=C)[C@H](O)[C@@H]1O. The van der Waals surface area contributed by atoms with Crippen molar-refractivity contribution in [3.8, 4) is 5.75 Å². The lowest BCUT2D eigenvalue weighted by Crippen LogP contribution is -2.46. The number of aliphatic hydroxyl groups is 2. The molecule has 10 nitrogen and oxygen atoms in total. The largest absolute Gasteiger partial charge is 0.530 e. The number of amides is 1. The molecule has 1 aromatic carbocycles. The van der Waals surface area contributed by atoms with Crippen molar-refractivity contribution in [2.24, 2.45) is 0 Å². The second-order valence-electron chi connectivity index (χ2n) is 6.67. The van der Waals surface area contributed by atoms with Crippen LogP contribution >= 0.6 is 7.82 Å². The van der Waals surface area contributed by atoms with Crippen LogP contribution in [0, 0.1) is 6.92 Å². The number of phosphoric ester groups is 1. The quantitative estimate of drug-likeness (QED) is 0.586. The average molecular weight is 445 g/mol. The number of aryl methyl sites for hydroxylation is 1. The summed E-state index contributed by atoms with van der Waals surface area (Å²) in [6.45, 7) is 1.04. The monoisotopic (exact) mass is 445 g/mol. The number of benzene rings is 1. The zero-order valence-corrected chi connectivity index (χ0v) is 16.5. The van der Waals surface area contributed by atoms with E-state index in [9.17, 15) is 19.6 Å². The van der Waals surface area contributed by atoms with E-state index in [4.69, 9.17) is 22.4 Å². The van der Waals surface area contributed by atoms with Gasteiger partial charge in [-0.2, -0.15) is 0 Å². The summed E-state index contributed by atoms with van der Waals surface area (Å²) in [6.07, 6.45) is -6.14. The molecule has 3 aliphatic heterocycles. The van der Waals surface area contributed by atoms with E-state index in [0.717, 1.165) is 12.3 Å². The van der Waals surface area contributed by atoms with Crippen molar-refractivity contribution in [3.63, 3.8) is 0 Å². The summed E-state index contributed by atoms with van der Waals surface area (Å²) in [6, 6.07) is 4.94. The maximum atomic E-state index is 15.8. The Kier molecular flexibility index (Phi) is 4.33. The topological polar surface area (TPSA) is 127 Å². The average Bonchev–Trinajstić information content (AvgIpc) is 2.90. The molecule has 1 saturated heterocycles. The summed E-state index contributed by atoms with van der Waals surface area (Å²) in [5.74, 6) is -4.77. The van der Waals surface area contributed by atoms with Gasteiger partial charge in [-0.3, -0.25) is 13.8 Å². The number of fused-ring (bicyclic) bond motifs is 1. The minimum absolute atomic E-state index is 0.101. The number of aliphatic hydroxyl groups excluding tert-OH is 2. The van der Waals surface area contributed by atoms with Crippen molar-refractivity contribution < 1.29 is 46.4 Å². The van der Waals surface area contributed by atoms with Gasteiger partial charge in [0, 0.05) is 17.8 Å². The molecule has 1 fully saturated rings. The Morgan fingerprint density at radius 3 is 3.07 bits per heavy atom. The van der Waals surface area contributed by atoms with Gasteiger partial charge in [0.15, 0.2) is 6.20 Å². The van der Waals surface area contributed by atoms with Crippen LogP contribution in [-0.4, -0.2) is 51.8 Å². The van der Waals surface area contributed by atoms with Gasteiger partial charge in [0.1, 0.15) is 30.3 Å². The highest BCUT2D eigenvalue weighted by Gasteiger charge is 2.58. The molecule has 30 heavy (non-hydrogen) atoms. The molecule has 4 rings (SSSR count). The number of nitrogens with one attached hydrogen (secondary N) is 1. The first-order valence-electron chi connectivity index (χ1n) is 10.2. The lowest BCUT2D eigenvalue weighted by molar-refractivity contribution is -0.208. The molecule has 3 N–H and O–H groups in total. The number of hydrogen-bond donors (Lipinski definition) is 3. The molecular formula is C18H20FN2O8P. The molecular weight excluding hydrogens is 422 g/mol.